The van der Waals surface area contributed by atoms with Crippen LogP contribution in [0.3, 0.4) is 0 Å². The predicted octanol–water partition coefficient (Wildman–Crippen LogP) is 0.882. The number of fused-ring (bicyclic) bond motifs is 1. The van der Waals surface area contributed by atoms with Crippen molar-refractivity contribution in [2.24, 2.45) is 5.73 Å². The molecule has 0 aliphatic heterocycles. The van der Waals surface area contributed by atoms with Gasteiger partial charge in [-0.25, -0.2) is 4.79 Å². The van der Waals surface area contributed by atoms with Crippen LogP contribution < -0.4 is 16.8 Å². The number of rotatable bonds is 4. The molecule has 0 unspecified atom stereocenters. The van der Waals surface area contributed by atoms with Gasteiger partial charge in [0.1, 0.15) is 0 Å². The lowest BCUT2D eigenvalue weighted by Gasteiger charge is -2.04. The van der Waals surface area contributed by atoms with E-state index in [4.69, 9.17) is 10.2 Å². The molecule has 1 heterocycles. The predicted molar refractivity (Wildman–Crippen MR) is 59.0 cm³/mol. The molecule has 0 amide bonds. The second-order valence-corrected chi connectivity index (χ2v) is 3.29. The molecule has 0 saturated carbocycles. The minimum atomic E-state index is -0.427. The zero-order valence-electron chi connectivity index (χ0n) is 8.25. The molecule has 0 saturated heterocycles. The lowest BCUT2D eigenvalue weighted by atomic mass is 10.3. The standard InChI is InChI=1S/C10H13N3O2/c11-4-1-5-12-7-2-3-9-8(6-7)13-10(14)15-9/h2-3,6,12H,1,4-5,11H2,(H,13,14). The van der Waals surface area contributed by atoms with Crippen LogP contribution in [0.1, 0.15) is 6.42 Å². The molecule has 5 heteroatoms. The fourth-order valence-electron chi connectivity index (χ4n) is 1.40. The van der Waals surface area contributed by atoms with Gasteiger partial charge in [-0.2, -0.15) is 0 Å². The third-order valence-corrected chi connectivity index (χ3v) is 2.13. The van der Waals surface area contributed by atoms with Crippen molar-refractivity contribution in [1.29, 1.82) is 0 Å². The topological polar surface area (TPSA) is 84.0 Å². The third kappa shape index (κ3) is 2.19. The number of anilines is 1. The van der Waals surface area contributed by atoms with Gasteiger partial charge in [-0.3, -0.25) is 4.98 Å². The van der Waals surface area contributed by atoms with Gasteiger partial charge >= 0.3 is 5.76 Å². The van der Waals surface area contributed by atoms with E-state index in [1.54, 1.807) is 6.07 Å². The highest BCUT2D eigenvalue weighted by Crippen LogP contribution is 2.15. The van der Waals surface area contributed by atoms with Crippen LogP contribution in [0, 0.1) is 0 Å². The fourth-order valence-corrected chi connectivity index (χ4v) is 1.40. The molecule has 1 aromatic heterocycles. The Kier molecular flexibility index (Phi) is 2.73. The van der Waals surface area contributed by atoms with Crippen LogP contribution in [0.25, 0.3) is 11.1 Å². The number of hydrogen-bond donors (Lipinski definition) is 3. The van der Waals surface area contributed by atoms with E-state index >= 15 is 0 Å². The summed E-state index contributed by atoms with van der Waals surface area (Å²) in [6.07, 6.45) is 0.917. The van der Waals surface area contributed by atoms with Crippen LogP contribution in [-0.4, -0.2) is 18.1 Å². The average Bonchev–Trinajstić information content (AvgIpc) is 2.57. The maximum absolute atomic E-state index is 10.9. The van der Waals surface area contributed by atoms with Crippen molar-refractivity contribution in [3.8, 4) is 0 Å². The average molecular weight is 207 g/mol. The van der Waals surface area contributed by atoms with Crippen LogP contribution in [0.5, 0.6) is 0 Å². The van der Waals surface area contributed by atoms with Crippen molar-refractivity contribution in [3.05, 3.63) is 28.7 Å². The van der Waals surface area contributed by atoms with Crippen molar-refractivity contribution in [1.82, 2.24) is 4.98 Å². The van der Waals surface area contributed by atoms with E-state index in [-0.39, 0.29) is 0 Å². The summed E-state index contributed by atoms with van der Waals surface area (Å²) >= 11 is 0. The Morgan fingerprint density at radius 3 is 3.13 bits per heavy atom. The Labute approximate surface area is 86.3 Å². The van der Waals surface area contributed by atoms with Crippen LogP contribution in [0.4, 0.5) is 5.69 Å². The highest BCUT2D eigenvalue weighted by Gasteiger charge is 2.00. The van der Waals surface area contributed by atoms with Crippen molar-refractivity contribution in [2.45, 2.75) is 6.42 Å². The minimum Gasteiger partial charge on any atom is -0.408 e. The maximum atomic E-state index is 10.9. The summed E-state index contributed by atoms with van der Waals surface area (Å²) in [5, 5.41) is 3.20. The summed E-state index contributed by atoms with van der Waals surface area (Å²) in [5.74, 6) is -0.427. The van der Waals surface area contributed by atoms with E-state index in [0.717, 1.165) is 18.7 Å². The van der Waals surface area contributed by atoms with Crippen LogP contribution in [-0.2, 0) is 0 Å². The van der Waals surface area contributed by atoms with Gasteiger partial charge in [0.15, 0.2) is 5.58 Å². The van der Waals surface area contributed by atoms with Gasteiger partial charge < -0.3 is 15.5 Å². The quantitative estimate of drug-likeness (QED) is 0.650. The summed E-state index contributed by atoms with van der Waals surface area (Å²) in [4.78, 5) is 13.5. The lowest BCUT2D eigenvalue weighted by Crippen LogP contribution is -2.08. The number of nitrogens with one attached hydrogen (secondary N) is 2. The van der Waals surface area contributed by atoms with Gasteiger partial charge in [0.25, 0.3) is 0 Å². The first-order chi connectivity index (χ1) is 7.29. The first-order valence-electron chi connectivity index (χ1n) is 4.86. The van der Waals surface area contributed by atoms with E-state index in [2.05, 4.69) is 10.3 Å². The molecule has 2 aromatic rings. The molecule has 0 bridgehead atoms. The van der Waals surface area contributed by atoms with E-state index in [1.807, 2.05) is 12.1 Å². The minimum absolute atomic E-state index is 0.427. The molecular weight excluding hydrogens is 194 g/mol. The second kappa shape index (κ2) is 4.18. The number of benzene rings is 1. The number of hydrogen-bond acceptors (Lipinski definition) is 4. The SMILES string of the molecule is NCCCNc1ccc2oc(=O)[nH]c2c1. The Morgan fingerprint density at radius 2 is 2.33 bits per heavy atom. The fraction of sp³-hybridized carbons (Fsp3) is 0.300. The molecule has 0 fully saturated rings. The first kappa shape index (κ1) is 9.79. The van der Waals surface area contributed by atoms with E-state index in [9.17, 15) is 4.79 Å². The van der Waals surface area contributed by atoms with Gasteiger partial charge in [0, 0.05) is 12.2 Å². The Bertz CT molecular complexity index is 501. The summed E-state index contributed by atoms with van der Waals surface area (Å²) in [7, 11) is 0. The van der Waals surface area contributed by atoms with Crippen LogP contribution in [0.2, 0.25) is 0 Å². The van der Waals surface area contributed by atoms with Gasteiger partial charge in [-0.15, -0.1) is 0 Å². The normalized spacial score (nSPS) is 10.7. The van der Waals surface area contributed by atoms with E-state index in [0.29, 0.717) is 17.6 Å². The van der Waals surface area contributed by atoms with Crippen LogP contribution >= 0.6 is 0 Å². The molecule has 0 atom stereocenters. The zero-order chi connectivity index (χ0) is 10.7. The number of nitrogens with two attached hydrogens (primary N) is 1. The first-order valence-corrected chi connectivity index (χ1v) is 4.86. The number of aromatic nitrogens is 1. The zero-order valence-corrected chi connectivity index (χ0v) is 8.25. The van der Waals surface area contributed by atoms with E-state index in [1.165, 1.54) is 0 Å². The largest absolute Gasteiger partial charge is 0.417 e. The van der Waals surface area contributed by atoms with Crippen molar-refractivity contribution < 1.29 is 4.42 Å². The smallest absolute Gasteiger partial charge is 0.408 e. The Balaban J connectivity index is 2.19. The summed E-state index contributed by atoms with van der Waals surface area (Å²) < 4.78 is 4.89. The highest BCUT2D eigenvalue weighted by molar-refractivity contribution is 5.76. The molecule has 15 heavy (non-hydrogen) atoms. The Morgan fingerprint density at radius 1 is 1.47 bits per heavy atom. The van der Waals surface area contributed by atoms with Gasteiger partial charge in [0.05, 0.1) is 5.52 Å². The second-order valence-electron chi connectivity index (χ2n) is 3.29. The molecule has 0 radical (unpaired) electrons. The molecule has 2 rings (SSSR count). The lowest BCUT2D eigenvalue weighted by molar-refractivity contribution is 0.555. The molecule has 5 nitrogen and oxygen atoms in total. The number of oxazole rings is 1. The van der Waals surface area contributed by atoms with E-state index < -0.39 is 5.76 Å². The number of H-pyrrole nitrogens is 1. The summed E-state index contributed by atoms with van der Waals surface area (Å²) in [5.41, 5.74) is 7.62. The molecule has 0 aliphatic rings. The molecule has 4 N–H and O–H groups in total. The van der Waals surface area contributed by atoms with Crippen molar-refractivity contribution >= 4 is 16.8 Å². The molecular formula is C10H13N3O2. The third-order valence-electron chi connectivity index (χ3n) is 2.13. The summed E-state index contributed by atoms with van der Waals surface area (Å²) in [6.45, 7) is 1.49. The highest BCUT2D eigenvalue weighted by atomic mass is 16.4. The Hall–Kier alpha value is -1.75. The molecule has 1 aromatic carbocycles. The molecule has 0 aliphatic carbocycles. The molecule has 80 valence electrons. The van der Waals surface area contributed by atoms with Gasteiger partial charge in [-0.1, -0.05) is 0 Å². The number of aromatic amines is 1. The summed E-state index contributed by atoms with van der Waals surface area (Å²) in [6, 6.07) is 5.48. The van der Waals surface area contributed by atoms with Crippen molar-refractivity contribution in [2.75, 3.05) is 18.4 Å². The monoisotopic (exact) mass is 207 g/mol. The van der Waals surface area contributed by atoms with Gasteiger partial charge in [-0.05, 0) is 31.2 Å². The van der Waals surface area contributed by atoms with Crippen LogP contribution in [0.15, 0.2) is 27.4 Å². The van der Waals surface area contributed by atoms with Gasteiger partial charge in [0.2, 0.25) is 0 Å². The molecule has 0 spiro atoms. The maximum Gasteiger partial charge on any atom is 0.417 e. The van der Waals surface area contributed by atoms with Crippen molar-refractivity contribution in [3.63, 3.8) is 0 Å².